The van der Waals surface area contributed by atoms with Gasteiger partial charge in [0.25, 0.3) is 0 Å². The molecule has 0 amide bonds. The maximum Gasteiger partial charge on any atom is 0.193 e. The van der Waals surface area contributed by atoms with Gasteiger partial charge in [0.15, 0.2) is 5.60 Å². The van der Waals surface area contributed by atoms with Gasteiger partial charge in [-0.15, -0.1) is 0 Å². The molecule has 0 bridgehead atoms. The fourth-order valence-electron chi connectivity index (χ4n) is 3.66. The van der Waals surface area contributed by atoms with Gasteiger partial charge < -0.3 is 4.74 Å². The Morgan fingerprint density at radius 1 is 0.688 bits per heavy atom. The lowest BCUT2D eigenvalue weighted by molar-refractivity contribution is 0.0469. The second kappa shape index (κ2) is 9.23. The molecular weight excluding hydrogens is 414 g/mol. The summed E-state index contributed by atoms with van der Waals surface area (Å²) in [4.78, 5) is 15.4. The molecule has 4 rings (SSSR count). The highest BCUT2D eigenvalue weighted by molar-refractivity contribution is 7.99. The van der Waals surface area contributed by atoms with E-state index < -0.39 is 5.60 Å². The molecule has 4 nitrogen and oxygen atoms in total. The smallest absolute Gasteiger partial charge is 0.193 e. The molecule has 0 spiro atoms. The third-order valence-electron chi connectivity index (χ3n) is 5.38. The molecule has 3 heterocycles. The number of hydrogen-bond donors (Lipinski definition) is 0. The molecule has 0 fully saturated rings. The minimum Gasteiger partial charge on any atom is -0.359 e. The third-order valence-corrected chi connectivity index (χ3v) is 6.33. The van der Waals surface area contributed by atoms with Gasteiger partial charge in [0.2, 0.25) is 0 Å². The van der Waals surface area contributed by atoms with Crippen molar-refractivity contribution in [3.8, 4) is 0 Å². The predicted octanol–water partition coefficient (Wildman–Crippen LogP) is 6.26. The predicted molar refractivity (Wildman–Crippen MR) is 129 cm³/mol. The van der Waals surface area contributed by atoms with Crippen LogP contribution < -0.4 is 0 Å². The Labute approximate surface area is 194 Å². The van der Waals surface area contributed by atoms with E-state index in [1.165, 1.54) is 5.56 Å². The summed E-state index contributed by atoms with van der Waals surface area (Å²) in [5.41, 5.74) is 2.66. The van der Waals surface area contributed by atoms with E-state index in [2.05, 4.69) is 55.0 Å². The molecule has 32 heavy (non-hydrogen) atoms. The van der Waals surface area contributed by atoms with Gasteiger partial charge in [0.05, 0.1) is 17.1 Å². The number of methoxy groups -OCH3 is 1. The monoisotopic (exact) mass is 441 g/mol. The number of ether oxygens (including phenoxy) is 1. The first-order chi connectivity index (χ1) is 15.4. The molecule has 3 aromatic heterocycles. The molecule has 0 radical (unpaired) electrons. The second-order valence-electron chi connectivity index (χ2n) is 8.55. The summed E-state index contributed by atoms with van der Waals surface area (Å²) < 4.78 is 6.16. The van der Waals surface area contributed by atoms with Crippen molar-refractivity contribution in [2.24, 2.45) is 0 Å². The number of nitrogens with zero attached hydrogens (tertiary/aromatic N) is 3. The van der Waals surface area contributed by atoms with E-state index in [1.807, 2.05) is 54.6 Å². The lowest BCUT2D eigenvalue weighted by atomic mass is 9.87. The van der Waals surface area contributed by atoms with Crippen LogP contribution in [-0.4, -0.2) is 22.1 Å². The van der Waals surface area contributed by atoms with Crippen LogP contribution in [0.2, 0.25) is 0 Å². The Hall–Kier alpha value is -3.02. The van der Waals surface area contributed by atoms with Crippen molar-refractivity contribution in [2.45, 2.75) is 41.7 Å². The Balaban J connectivity index is 1.75. The fourth-order valence-corrected chi connectivity index (χ4v) is 4.47. The lowest BCUT2D eigenvalue weighted by Gasteiger charge is -2.31. The third kappa shape index (κ3) is 4.45. The van der Waals surface area contributed by atoms with Crippen LogP contribution in [0.4, 0.5) is 0 Å². The van der Waals surface area contributed by atoms with Crippen molar-refractivity contribution < 1.29 is 4.74 Å². The molecule has 0 saturated heterocycles. The fraction of sp³-hybridized carbons (Fsp3) is 0.222. The molecule has 4 aromatic rings. The summed E-state index contributed by atoms with van der Waals surface area (Å²) in [5.74, 6) is 0. The Morgan fingerprint density at radius 2 is 1.28 bits per heavy atom. The van der Waals surface area contributed by atoms with Crippen LogP contribution in [0.15, 0.2) is 101 Å². The van der Waals surface area contributed by atoms with Crippen LogP contribution in [0.25, 0.3) is 0 Å². The number of rotatable bonds is 6. The Bertz CT molecular complexity index is 1120. The molecule has 0 aliphatic heterocycles. The molecule has 1 aromatic carbocycles. The summed E-state index contributed by atoms with van der Waals surface area (Å²) in [6, 6.07) is 26.3. The van der Waals surface area contributed by atoms with E-state index in [0.717, 1.165) is 27.0 Å². The van der Waals surface area contributed by atoms with Gasteiger partial charge in [-0.2, -0.15) is 0 Å². The standard InChI is InChI=1S/C27H27N3OS/c1-26(2,3)20-14-16-21(17-15-20)32-25-13-9-12-24(30-25)27(31-4,22-10-5-7-18-28-22)23-11-6-8-19-29-23/h5-19H,1-4H3. The van der Waals surface area contributed by atoms with E-state index in [4.69, 9.17) is 9.72 Å². The summed E-state index contributed by atoms with van der Waals surface area (Å²) in [6.07, 6.45) is 3.53. The zero-order valence-corrected chi connectivity index (χ0v) is 19.6. The molecule has 0 unspecified atom stereocenters. The molecule has 5 heteroatoms. The van der Waals surface area contributed by atoms with Crippen molar-refractivity contribution in [1.29, 1.82) is 0 Å². The minimum absolute atomic E-state index is 0.130. The van der Waals surface area contributed by atoms with Crippen LogP contribution >= 0.6 is 11.8 Å². The van der Waals surface area contributed by atoms with Gasteiger partial charge >= 0.3 is 0 Å². The van der Waals surface area contributed by atoms with Crippen molar-refractivity contribution in [2.75, 3.05) is 7.11 Å². The van der Waals surface area contributed by atoms with Crippen molar-refractivity contribution in [1.82, 2.24) is 15.0 Å². The minimum atomic E-state index is -1.00. The molecule has 162 valence electrons. The molecule has 0 N–H and O–H groups in total. The van der Waals surface area contributed by atoms with Gasteiger partial charge in [0.1, 0.15) is 5.03 Å². The van der Waals surface area contributed by atoms with E-state index in [1.54, 1.807) is 31.3 Å². The second-order valence-corrected chi connectivity index (χ2v) is 9.65. The van der Waals surface area contributed by atoms with Crippen molar-refractivity contribution in [3.05, 3.63) is 114 Å². The average Bonchev–Trinajstić information content (AvgIpc) is 2.82. The highest BCUT2D eigenvalue weighted by Crippen LogP contribution is 2.38. The first-order valence-electron chi connectivity index (χ1n) is 10.6. The summed E-state index contributed by atoms with van der Waals surface area (Å²) >= 11 is 1.63. The number of aromatic nitrogens is 3. The van der Waals surface area contributed by atoms with Crippen molar-refractivity contribution in [3.63, 3.8) is 0 Å². The molecular formula is C27H27N3OS. The first kappa shape index (κ1) is 22.2. The van der Waals surface area contributed by atoms with Crippen LogP contribution in [-0.2, 0) is 15.8 Å². The maximum atomic E-state index is 6.16. The first-order valence-corrected chi connectivity index (χ1v) is 11.4. The number of benzene rings is 1. The molecule has 0 atom stereocenters. The van der Waals surface area contributed by atoms with E-state index in [0.29, 0.717) is 0 Å². The van der Waals surface area contributed by atoms with E-state index in [9.17, 15) is 0 Å². The van der Waals surface area contributed by atoms with E-state index >= 15 is 0 Å². The van der Waals surface area contributed by atoms with E-state index in [-0.39, 0.29) is 5.41 Å². The zero-order chi connectivity index (χ0) is 22.6. The van der Waals surface area contributed by atoms with Gasteiger partial charge in [-0.05, 0) is 59.5 Å². The number of hydrogen-bond acceptors (Lipinski definition) is 5. The Kier molecular flexibility index (Phi) is 6.40. The van der Waals surface area contributed by atoms with Crippen LogP contribution in [0.5, 0.6) is 0 Å². The maximum absolute atomic E-state index is 6.16. The van der Waals surface area contributed by atoms with Gasteiger partial charge in [-0.3, -0.25) is 9.97 Å². The van der Waals surface area contributed by atoms with Crippen LogP contribution in [0, 0.1) is 0 Å². The quantitative estimate of drug-likeness (QED) is 0.353. The highest BCUT2D eigenvalue weighted by Gasteiger charge is 2.41. The normalized spacial score (nSPS) is 12.0. The van der Waals surface area contributed by atoms with Gasteiger partial charge in [0, 0.05) is 24.4 Å². The Morgan fingerprint density at radius 3 is 1.78 bits per heavy atom. The lowest BCUT2D eigenvalue weighted by Crippen LogP contribution is -2.34. The van der Waals surface area contributed by atoms with Crippen molar-refractivity contribution >= 4 is 11.8 Å². The summed E-state index contributed by atoms with van der Waals surface area (Å²) in [5, 5.41) is 0.888. The highest BCUT2D eigenvalue weighted by atomic mass is 32.2. The number of pyridine rings is 3. The average molecular weight is 442 g/mol. The largest absolute Gasteiger partial charge is 0.359 e. The SMILES string of the molecule is COC(c1ccccn1)(c1ccccn1)c1cccc(Sc2ccc(C(C)(C)C)cc2)n1. The summed E-state index contributed by atoms with van der Waals surface area (Å²) in [7, 11) is 1.68. The van der Waals surface area contributed by atoms with Gasteiger partial charge in [-0.1, -0.05) is 62.9 Å². The molecule has 0 aliphatic carbocycles. The zero-order valence-electron chi connectivity index (χ0n) is 18.8. The topological polar surface area (TPSA) is 47.9 Å². The molecule has 0 saturated carbocycles. The molecule has 0 aliphatic rings. The summed E-state index contributed by atoms with van der Waals surface area (Å²) in [6.45, 7) is 6.67. The van der Waals surface area contributed by atoms with Gasteiger partial charge in [-0.25, -0.2) is 4.98 Å². The van der Waals surface area contributed by atoms with Crippen LogP contribution in [0.3, 0.4) is 0 Å². The van der Waals surface area contributed by atoms with Crippen LogP contribution in [0.1, 0.15) is 43.4 Å².